The van der Waals surface area contributed by atoms with E-state index < -0.39 is 18.9 Å². The van der Waals surface area contributed by atoms with Crippen molar-refractivity contribution in [2.24, 2.45) is 0 Å². The molecule has 4 nitrogen and oxygen atoms in total. The molecule has 0 unspecified atom stereocenters. The SMILES string of the molecule is O=[C-]O.O=[C-]O.[Cl][Sn+2][Cl]. The van der Waals surface area contributed by atoms with E-state index in [0.717, 1.165) is 0 Å². The van der Waals surface area contributed by atoms with E-state index >= 15 is 0 Å². The fourth-order valence-electron chi connectivity index (χ4n) is 0. The van der Waals surface area contributed by atoms with Gasteiger partial charge in [-0.2, -0.15) is 0 Å². The summed E-state index contributed by atoms with van der Waals surface area (Å²) in [6.45, 7) is 1.00. The summed E-state index contributed by atoms with van der Waals surface area (Å²) in [5.74, 6) is 0. The zero-order valence-corrected chi connectivity index (χ0v) is 8.33. The summed E-state index contributed by atoms with van der Waals surface area (Å²) < 4.78 is 0. The van der Waals surface area contributed by atoms with Gasteiger partial charge in [-0.15, -0.1) is 0 Å². The van der Waals surface area contributed by atoms with E-state index in [1.807, 2.05) is 0 Å². The van der Waals surface area contributed by atoms with Crippen LogP contribution in [0.4, 0.5) is 0 Å². The fraction of sp³-hybridized carbons (Fsp3) is 0. The van der Waals surface area contributed by atoms with Gasteiger partial charge in [-0.25, -0.2) is 0 Å². The summed E-state index contributed by atoms with van der Waals surface area (Å²) in [5, 5.41) is 13.5. The van der Waals surface area contributed by atoms with E-state index in [-0.39, 0.29) is 0 Å². The molecule has 0 aliphatic rings. The van der Waals surface area contributed by atoms with Gasteiger partial charge in [0.05, 0.1) is 0 Å². The van der Waals surface area contributed by atoms with E-state index in [0.29, 0.717) is 12.9 Å². The molecule has 0 aliphatic heterocycles. The van der Waals surface area contributed by atoms with Gasteiger partial charge in [0, 0.05) is 0 Å². The standard InChI is InChI=1S/2CHO2.2ClH.Sn/c2*2-1-3;;;/h2*(H,2,3);2*1H;/q2*-1;;;+4/p-2. The Morgan fingerprint density at radius 1 is 1.11 bits per heavy atom. The van der Waals surface area contributed by atoms with Crippen LogP contribution in [0.2, 0.25) is 0 Å². The van der Waals surface area contributed by atoms with Gasteiger partial charge in [-0.3, -0.25) is 0 Å². The summed E-state index contributed by atoms with van der Waals surface area (Å²) >= 11 is -0.826. The van der Waals surface area contributed by atoms with Crippen molar-refractivity contribution in [3.8, 4) is 0 Å². The quantitative estimate of drug-likeness (QED) is 0.491. The van der Waals surface area contributed by atoms with Gasteiger partial charge in [0.1, 0.15) is 0 Å². The van der Waals surface area contributed by atoms with E-state index in [9.17, 15) is 0 Å². The molecule has 0 amide bonds. The van der Waals surface area contributed by atoms with Crippen LogP contribution < -0.4 is 0 Å². The second kappa shape index (κ2) is 40.5. The van der Waals surface area contributed by atoms with Crippen LogP contribution in [0.1, 0.15) is 0 Å². The molecule has 0 atom stereocenters. The van der Waals surface area contributed by atoms with Crippen LogP contribution in [0.3, 0.4) is 0 Å². The topological polar surface area (TPSA) is 74.6 Å². The van der Waals surface area contributed by atoms with Gasteiger partial charge in [0.15, 0.2) is 0 Å². The Morgan fingerprint density at radius 2 is 1.11 bits per heavy atom. The molecule has 0 aromatic heterocycles. The van der Waals surface area contributed by atoms with Gasteiger partial charge in [-0.1, -0.05) is 12.9 Å². The fourth-order valence-corrected chi connectivity index (χ4v) is 0. The Balaban J connectivity index is -0.0000000600. The molecule has 0 radical (unpaired) electrons. The van der Waals surface area contributed by atoms with Crippen molar-refractivity contribution in [3.05, 3.63) is 0 Å². The summed E-state index contributed by atoms with van der Waals surface area (Å²) in [6.07, 6.45) is 0. The molecule has 0 spiro atoms. The van der Waals surface area contributed by atoms with Gasteiger partial charge in [0.25, 0.3) is 0 Å². The third-order valence-electron chi connectivity index (χ3n) is 0. The first-order chi connectivity index (χ1) is 4.24. The van der Waals surface area contributed by atoms with E-state index in [4.69, 9.17) is 37.6 Å². The van der Waals surface area contributed by atoms with Crippen LogP contribution in [0.25, 0.3) is 0 Å². The number of rotatable bonds is 0. The van der Waals surface area contributed by atoms with Crippen LogP contribution in [0, 0.1) is 0 Å². The molecule has 0 aliphatic carbocycles. The Labute approximate surface area is 69.4 Å². The average molecular weight is 280 g/mol. The minimum atomic E-state index is -0.826. The normalized spacial score (nSPS) is 3.78. The molecule has 0 heterocycles. The summed E-state index contributed by atoms with van der Waals surface area (Å²) in [4.78, 5) is 16.5. The predicted octanol–water partition coefficient (Wildman–Crippen LogP) is 0.221. The second-order valence-electron chi connectivity index (χ2n) is 0.254. The Hall–Kier alpha value is 0.319. The predicted molar refractivity (Wildman–Crippen MR) is 34.1 cm³/mol. The van der Waals surface area contributed by atoms with Crippen LogP contribution >= 0.6 is 17.8 Å². The molecule has 0 aromatic carbocycles. The monoisotopic (exact) mass is 280 g/mol. The minimum absolute atomic E-state index is 0.500. The third kappa shape index (κ3) is 3270. The van der Waals surface area contributed by atoms with Crippen LogP contribution in [-0.2, 0) is 9.59 Å². The molecule has 0 saturated heterocycles. The van der Waals surface area contributed by atoms with Crippen molar-refractivity contribution in [1.82, 2.24) is 0 Å². The van der Waals surface area contributed by atoms with Crippen molar-refractivity contribution in [3.63, 3.8) is 0 Å². The van der Waals surface area contributed by atoms with Crippen molar-refractivity contribution in [2.45, 2.75) is 0 Å². The second-order valence-corrected chi connectivity index (χ2v) is 4.49. The molecule has 7 heteroatoms. The first-order valence-corrected chi connectivity index (χ1v) is 8.46. The van der Waals surface area contributed by atoms with Crippen molar-refractivity contribution >= 4 is 49.7 Å². The Bertz CT molecular complexity index is 45.8. The number of halogens is 2. The van der Waals surface area contributed by atoms with Crippen LogP contribution in [0.5, 0.6) is 0 Å². The Kier molecular flexibility index (Phi) is 72.6. The maximum absolute atomic E-state index is 8.24. The summed E-state index contributed by atoms with van der Waals surface area (Å²) in [7, 11) is 9.87. The van der Waals surface area contributed by atoms with Gasteiger partial charge < -0.3 is 19.8 Å². The van der Waals surface area contributed by atoms with Crippen molar-refractivity contribution < 1.29 is 19.8 Å². The average Bonchev–Trinajstić information content (AvgIpc) is 1.70. The molecule has 0 bridgehead atoms. The first-order valence-electron chi connectivity index (χ1n) is 1.23. The van der Waals surface area contributed by atoms with E-state index in [1.165, 1.54) is 0 Å². The number of aliphatic hydroxyl groups excluding tert-OH is 2. The van der Waals surface area contributed by atoms with Crippen LogP contribution in [-0.4, -0.2) is 42.0 Å². The zero-order chi connectivity index (χ0) is 8.12. The molecular weight excluding hydrogens is 278 g/mol. The third-order valence-corrected chi connectivity index (χ3v) is 0. The van der Waals surface area contributed by atoms with Crippen molar-refractivity contribution in [2.75, 3.05) is 0 Å². The number of hydrogen-bond acceptors (Lipinski definition) is 2. The van der Waals surface area contributed by atoms with Gasteiger partial charge >= 0.3 is 36.7 Å². The van der Waals surface area contributed by atoms with Crippen LogP contribution in [0.15, 0.2) is 0 Å². The summed E-state index contributed by atoms with van der Waals surface area (Å²) in [6, 6.07) is 0. The Morgan fingerprint density at radius 3 is 1.11 bits per heavy atom. The van der Waals surface area contributed by atoms with Gasteiger partial charge in [-0.05, 0) is 0 Å². The molecule has 9 heavy (non-hydrogen) atoms. The molecule has 0 rings (SSSR count). The van der Waals surface area contributed by atoms with Crippen molar-refractivity contribution in [1.29, 1.82) is 0 Å². The van der Waals surface area contributed by atoms with E-state index in [2.05, 4.69) is 0 Å². The number of hydrogen-bond donors (Lipinski definition) is 2. The van der Waals surface area contributed by atoms with E-state index in [1.54, 1.807) is 0 Å². The first kappa shape index (κ1) is 16.2. The molecule has 2 N–H and O–H groups in total. The molecule has 0 aromatic rings. The molecular formula is C2H2Cl2O4Sn. The molecule has 0 saturated carbocycles. The maximum atomic E-state index is 8.24. The van der Waals surface area contributed by atoms with Gasteiger partial charge in [0.2, 0.25) is 0 Å². The molecule has 52 valence electrons. The molecule has 0 fully saturated rings. The zero-order valence-electron chi connectivity index (χ0n) is 3.97. The summed E-state index contributed by atoms with van der Waals surface area (Å²) in [5.41, 5.74) is 0.